The van der Waals surface area contributed by atoms with Crippen LogP contribution in [-0.2, 0) is 16.1 Å². The van der Waals surface area contributed by atoms with Crippen LogP contribution in [0.25, 0.3) is 0 Å². The maximum absolute atomic E-state index is 14.1. The van der Waals surface area contributed by atoms with Gasteiger partial charge in [0, 0.05) is 18.0 Å². The summed E-state index contributed by atoms with van der Waals surface area (Å²) in [6.07, 6.45) is 1.25. The molecule has 1 aromatic carbocycles. The molecule has 1 aliphatic carbocycles. The first-order valence-corrected chi connectivity index (χ1v) is 6.35. The number of benzene rings is 1. The van der Waals surface area contributed by atoms with Crippen LogP contribution in [0.4, 0.5) is 8.78 Å². The first kappa shape index (κ1) is 12.1. The Morgan fingerprint density at radius 2 is 2.06 bits per heavy atom. The normalized spacial score (nSPS) is 22.6. The van der Waals surface area contributed by atoms with Gasteiger partial charge >= 0.3 is 0 Å². The molecular formula is C14H17F2NO. The van der Waals surface area contributed by atoms with E-state index in [2.05, 4.69) is 0 Å². The van der Waals surface area contributed by atoms with E-state index in [0.717, 1.165) is 5.56 Å². The lowest BCUT2D eigenvalue weighted by Gasteiger charge is -2.41. The lowest BCUT2D eigenvalue weighted by atomic mass is 9.78. The molecule has 98 valence electrons. The van der Waals surface area contributed by atoms with Gasteiger partial charge in [0.15, 0.2) is 0 Å². The number of alkyl halides is 2. The number of hydrogen-bond donors (Lipinski definition) is 1. The average Bonchev–Trinajstić information content (AvgIpc) is 3.13. The van der Waals surface area contributed by atoms with Crippen molar-refractivity contribution in [2.45, 2.75) is 24.2 Å². The highest BCUT2D eigenvalue weighted by Gasteiger charge is 2.48. The Morgan fingerprint density at radius 3 is 2.56 bits per heavy atom. The third-order valence-electron chi connectivity index (χ3n) is 4.10. The highest BCUT2D eigenvalue weighted by atomic mass is 19.3. The van der Waals surface area contributed by atoms with Crippen molar-refractivity contribution in [3.8, 4) is 0 Å². The van der Waals surface area contributed by atoms with E-state index in [9.17, 15) is 8.78 Å². The molecule has 1 aliphatic heterocycles. The predicted molar refractivity (Wildman–Crippen MR) is 64.6 cm³/mol. The number of rotatable bonds is 4. The lowest BCUT2D eigenvalue weighted by Crippen LogP contribution is -2.52. The standard InChI is InChI=1S/C14H17F2NO/c15-14(16,10-4-5-10)12-3-1-2-11(6-12)13(7-17)8-18-9-13/h1-3,6,10H,4-5,7-9,17H2. The van der Waals surface area contributed by atoms with E-state index in [4.69, 9.17) is 10.5 Å². The molecule has 0 unspecified atom stereocenters. The second-order valence-corrected chi connectivity index (χ2v) is 5.46. The third-order valence-corrected chi connectivity index (χ3v) is 4.10. The van der Waals surface area contributed by atoms with Crippen LogP contribution in [0, 0.1) is 5.92 Å². The van der Waals surface area contributed by atoms with Crippen LogP contribution in [-0.4, -0.2) is 19.8 Å². The fourth-order valence-electron chi connectivity index (χ4n) is 2.49. The van der Waals surface area contributed by atoms with Crippen LogP contribution in [0.15, 0.2) is 24.3 Å². The molecule has 18 heavy (non-hydrogen) atoms. The van der Waals surface area contributed by atoms with Crippen LogP contribution in [0.1, 0.15) is 24.0 Å². The van der Waals surface area contributed by atoms with E-state index in [1.807, 2.05) is 6.07 Å². The first-order valence-electron chi connectivity index (χ1n) is 6.35. The molecule has 0 aromatic heterocycles. The smallest absolute Gasteiger partial charge is 0.276 e. The molecule has 2 N–H and O–H groups in total. The number of ether oxygens (including phenoxy) is 1. The van der Waals surface area contributed by atoms with Crippen molar-refractivity contribution in [2.75, 3.05) is 19.8 Å². The Hall–Kier alpha value is -1.00. The molecule has 1 saturated carbocycles. The summed E-state index contributed by atoms with van der Waals surface area (Å²) in [6.45, 7) is 1.50. The highest BCUT2D eigenvalue weighted by Crippen LogP contribution is 2.50. The van der Waals surface area contributed by atoms with Crippen molar-refractivity contribution < 1.29 is 13.5 Å². The van der Waals surface area contributed by atoms with E-state index in [1.165, 1.54) is 6.07 Å². The summed E-state index contributed by atoms with van der Waals surface area (Å²) in [7, 11) is 0. The summed E-state index contributed by atoms with van der Waals surface area (Å²) in [5.41, 5.74) is 6.52. The molecule has 4 heteroatoms. The highest BCUT2D eigenvalue weighted by molar-refractivity contribution is 5.35. The molecule has 1 heterocycles. The maximum atomic E-state index is 14.1. The Morgan fingerprint density at radius 1 is 1.33 bits per heavy atom. The molecular weight excluding hydrogens is 236 g/mol. The van der Waals surface area contributed by atoms with E-state index in [1.54, 1.807) is 12.1 Å². The third kappa shape index (κ3) is 1.75. The Bertz CT molecular complexity index is 430. The minimum atomic E-state index is -2.70. The topological polar surface area (TPSA) is 35.2 Å². The zero-order valence-electron chi connectivity index (χ0n) is 10.2. The van der Waals surface area contributed by atoms with Gasteiger partial charge in [0.2, 0.25) is 0 Å². The molecule has 3 rings (SSSR count). The van der Waals surface area contributed by atoms with E-state index in [-0.39, 0.29) is 11.0 Å². The fourth-order valence-corrected chi connectivity index (χ4v) is 2.49. The maximum Gasteiger partial charge on any atom is 0.276 e. The monoisotopic (exact) mass is 253 g/mol. The Kier molecular flexibility index (Phi) is 2.68. The van der Waals surface area contributed by atoms with E-state index >= 15 is 0 Å². The number of halogens is 2. The van der Waals surface area contributed by atoms with Gasteiger partial charge in [-0.15, -0.1) is 0 Å². The largest absolute Gasteiger partial charge is 0.379 e. The minimum absolute atomic E-state index is 0.127. The molecule has 0 spiro atoms. The quantitative estimate of drug-likeness (QED) is 0.894. The summed E-state index contributed by atoms with van der Waals surface area (Å²) in [6, 6.07) is 6.72. The van der Waals surface area contributed by atoms with Crippen molar-refractivity contribution in [3.63, 3.8) is 0 Å². The van der Waals surface area contributed by atoms with Crippen LogP contribution in [0.3, 0.4) is 0 Å². The van der Waals surface area contributed by atoms with Crippen molar-refractivity contribution >= 4 is 0 Å². The number of nitrogens with two attached hydrogens (primary N) is 1. The Labute approximate surface area is 105 Å². The molecule has 0 bridgehead atoms. The van der Waals surface area contributed by atoms with Crippen LogP contribution >= 0.6 is 0 Å². The van der Waals surface area contributed by atoms with Gasteiger partial charge in [-0.3, -0.25) is 0 Å². The Balaban J connectivity index is 1.94. The zero-order chi connectivity index (χ0) is 12.8. The van der Waals surface area contributed by atoms with E-state index < -0.39 is 11.8 Å². The second kappa shape index (κ2) is 4.00. The SMILES string of the molecule is NCC1(c2cccc(C(F)(F)C3CC3)c2)COC1. The second-order valence-electron chi connectivity index (χ2n) is 5.46. The minimum Gasteiger partial charge on any atom is -0.379 e. The molecule has 2 fully saturated rings. The van der Waals surface area contributed by atoms with Gasteiger partial charge in [0.1, 0.15) is 0 Å². The molecule has 1 aromatic rings. The molecule has 2 nitrogen and oxygen atoms in total. The fraction of sp³-hybridized carbons (Fsp3) is 0.571. The summed E-state index contributed by atoms with van der Waals surface area (Å²) < 4.78 is 33.3. The summed E-state index contributed by atoms with van der Waals surface area (Å²) in [4.78, 5) is 0. The van der Waals surface area contributed by atoms with Crippen molar-refractivity contribution in [3.05, 3.63) is 35.4 Å². The van der Waals surface area contributed by atoms with Crippen molar-refractivity contribution in [1.82, 2.24) is 0 Å². The van der Waals surface area contributed by atoms with Crippen molar-refractivity contribution in [1.29, 1.82) is 0 Å². The van der Waals surface area contributed by atoms with Gasteiger partial charge in [-0.25, -0.2) is 8.78 Å². The summed E-state index contributed by atoms with van der Waals surface area (Å²) in [5.74, 6) is -3.17. The van der Waals surface area contributed by atoms with Gasteiger partial charge in [0.25, 0.3) is 5.92 Å². The van der Waals surface area contributed by atoms with Crippen LogP contribution in [0.5, 0.6) is 0 Å². The summed E-state index contributed by atoms with van der Waals surface area (Å²) in [5, 5.41) is 0. The molecule has 0 radical (unpaired) electrons. The van der Waals surface area contributed by atoms with Gasteiger partial charge in [-0.05, 0) is 24.5 Å². The zero-order valence-corrected chi connectivity index (χ0v) is 10.2. The molecule has 0 atom stereocenters. The lowest BCUT2D eigenvalue weighted by molar-refractivity contribution is -0.0559. The van der Waals surface area contributed by atoms with Gasteiger partial charge < -0.3 is 10.5 Å². The van der Waals surface area contributed by atoms with E-state index in [0.29, 0.717) is 32.6 Å². The molecule has 0 amide bonds. The van der Waals surface area contributed by atoms with Crippen LogP contribution in [0.2, 0.25) is 0 Å². The number of hydrogen-bond acceptors (Lipinski definition) is 2. The first-order chi connectivity index (χ1) is 8.58. The van der Waals surface area contributed by atoms with Crippen molar-refractivity contribution in [2.24, 2.45) is 11.7 Å². The van der Waals surface area contributed by atoms with Gasteiger partial charge in [0.05, 0.1) is 18.6 Å². The van der Waals surface area contributed by atoms with Crippen LogP contribution < -0.4 is 5.73 Å². The van der Waals surface area contributed by atoms with Gasteiger partial charge in [-0.1, -0.05) is 18.2 Å². The van der Waals surface area contributed by atoms with Gasteiger partial charge in [-0.2, -0.15) is 0 Å². The summed E-state index contributed by atoms with van der Waals surface area (Å²) >= 11 is 0. The average molecular weight is 253 g/mol. The molecule has 1 saturated heterocycles. The predicted octanol–water partition coefficient (Wildman–Crippen LogP) is 2.42. The molecule has 2 aliphatic rings.